The number of nitrogens with zero attached hydrogens (tertiary/aromatic N) is 5. The Labute approximate surface area is 150 Å². The second-order valence-corrected chi connectivity index (χ2v) is 7.03. The van der Waals surface area contributed by atoms with Crippen molar-refractivity contribution in [3.8, 4) is 0 Å². The molecule has 1 aliphatic heterocycles. The van der Waals surface area contributed by atoms with Gasteiger partial charge < -0.3 is 4.90 Å². The number of aromatic nitrogens is 4. The van der Waals surface area contributed by atoms with E-state index in [1.54, 1.807) is 17.0 Å². The summed E-state index contributed by atoms with van der Waals surface area (Å²) in [5.74, 6) is -1.47. The van der Waals surface area contributed by atoms with E-state index in [-0.39, 0.29) is 17.6 Å². The van der Waals surface area contributed by atoms with Crippen LogP contribution in [0.3, 0.4) is 0 Å². The van der Waals surface area contributed by atoms with Crippen LogP contribution in [-0.4, -0.2) is 43.5 Å². The van der Waals surface area contributed by atoms with Crippen LogP contribution in [0, 0.1) is 0 Å². The molecule has 4 heterocycles. The Kier molecular flexibility index (Phi) is 4.14. The summed E-state index contributed by atoms with van der Waals surface area (Å²) in [5, 5.41) is 5.44. The lowest BCUT2D eigenvalue weighted by molar-refractivity contribution is -0.144. The predicted octanol–water partition coefficient (Wildman–Crippen LogP) is 3.22. The van der Waals surface area contributed by atoms with Gasteiger partial charge in [0.1, 0.15) is 0 Å². The van der Waals surface area contributed by atoms with Gasteiger partial charge in [0.15, 0.2) is 0 Å². The highest BCUT2D eigenvalue weighted by atomic mass is 32.1. The van der Waals surface area contributed by atoms with E-state index in [2.05, 4.69) is 15.1 Å². The molecule has 26 heavy (non-hydrogen) atoms. The molecule has 136 valence electrons. The molecule has 10 heteroatoms. The Morgan fingerprint density at radius 2 is 2.15 bits per heavy atom. The van der Waals surface area contributed by atoms with Crippen LogP contribution >= 0.6 is 11.3 Å². The molecular formula is C16H14F3N5OS. The molecule has 4 rings (SSSR count). The van der Waals surface area contributed by atoms with Crippen molar-refractivity contribution in [1.29, 1.82) is 0 Å². The topological polar surface area (TPSA) is 63.4 Å². The highest BCUT2D eigenvalue weighted by molar-refractivity contribution is 7.12. The lowest BCUT2D eigenvalue weighted by Crippen LogP contribution is -2.39. The van der Waals surface area contributed by atoms with E-state index in [0.29, 0.717) is 23.7 Å². The summed E-state index contributed by atoms with van der Waals surface area (Å²) >= 11 is 1.38. The van der Waals surface area contributed by atoms with Crippen molar-refractivity contribution in [3.63, 3.8) is 0 Å². The van der Waals surface area contributed by atoms with Crippen LogP contribution < -0.4 is 0 Å². The average molecular weight is 381 g/mol. The summed E-state index contributed by atoms with van der Waals surface area (Å²) in [5.41, 5.74) is 0.585. The van der Waals surface area contributed by atoms with Crippen molar-refractivity contribution < 1.29 is 18.0 Å². The van der Waals surface area contributed by atoms with Crippen LogP contribution in [0.4, 0.5) is 13.2 Å². The van der Waals surface area contributed by atoms with Crippen LogP contribution in [0.1, 0.15) is 39.9 Å². The smallest absolute Gasteiger partial charge is 0.337 e. The minimum absolute atomic E-state index is 0.0513. The Morgan fingerprint density at radius 3 is 2.88 bits per heavy atom. The van der Waals surface area contributed by atoms with E-state index in [4.69, 9.17) is 0 Å². The Morgan fingerprint density at radius 1 is 1.31 bits per heavy atom. The molecule has 0 saturated carbocycles. The molecule has 6 nitrogen and oxygen atoms in total. The first-order valence-electron chi connectivity index (χ1n) is 8.05. The highest BCUT2D eigenvalue weighted by Gasteiger charge is 2.37. The molecule has 0 bridgehead atoms. The largest absolute Gasteiger partial charge is 0.453 e. The second kappa shape index (κ2) is 6.35. The third kappa shape index (κ3) is 3.05. The number of piperidine rings is 1. The van der Waals surface area contributed by atoms with Crippen molar-refractivity contribution >= 4 is 23.0 Å². The standard InChI is InChI=1S/C16H14F3N5OS/c17-16(18,19)14-21-15-20-6-5-11(24(15)22-14)10-3-1-7-23(9-10)13(25)12-4-2-8-26-12/h2,4-6,8,10H,1,3,7,9H2/t10-/m1/s1. The zero-order chi connectivity index (χ0) is 18.3. The Hall–Kier alpha value is -2.49. The van der Waals surface area contributed by atoms with Crippen molar-refractivity contribution in [2.24, 2.45) is 0 Å². The molecule has 0 N–H and O–H groups in total. The van der Waals surface area contributed by atoms with E-state index in [9.17, 15) is 18.0 Å². The molecule has 0 radical (unpaired) electrons. The molecule has 1 aliphatic rings. The van der Waals surface area contributed by atoms with Crippen LogP contribution in [0.5, 0.6) is 0 Å². The number of rotatable bonds is 2. The zero-order valence-corrected chi connectivity index (χ0v) is 14.3. The number of alkyl halides is 3. The number of fused-ring (bicyclic) bond motifs is 1. The van der Waals surface area contributed by atoms with Crippen LogP contribution in [0.2, 0.25) is 0 Å². The monoisotopic (exact) mass is 381 g/mol. The predicted molar refractivity (Wildman–Crippen MR) is 88.0 cm³/mol. The lowest BCUT2D eigenvalue weighted by Gasteiger charge is -2.32. The summed E-state index contributed by atoms with van der Waals surface area (Å²) in [6, 6.07) is 5.24. The van der Waals surface area contributed by atoms with Gasteiger partial charge in [0, 0.05) is 25.2 Å². The second-order valence-electron chi connectivity index (χ2n) is 6.08. The molecule has 1 atom stereocenters. The first-order valence-corrected chi connectivity index (χ1v) is 8.93. The molecule has 0 aliphatic carbocycles. The number of carbonyl (C=O) groups excluding carboxylic acids is 1. The molecule has 3 aromatic rings. The highest BCUT2D eigenvalue weighted by Crippen LogP contribution is 2.30. The van der Waals surface area contributed by atoms with Gasteiger partial charge in [-0.2, -0.15) is 18.2 Å². The number of hydrogen-bond acceptors (Lipinski definition) is 5. The molecule has 0 unspecified atom stereocenters. The molecule has 3 aromatic heterocycles. The maximum atomic E-state index is 12.9. The molecule has 1 fully saturated rings. The molecule has 1 saturated heterocycles. The number of amides is 1. The van der Waals surface area contributed by atoms with Gasteiger partial charge in [0.2, 0.25) is 0 Å². The summed E-state index contributed by atoms with van der Waals surface area (Å²) in [6.07, 6.45) is -1.67. The maximum Gasteiger partial charge on any atom is 0.453 e. The first-order chi connectivity index (χ1) is 12.4. The van der Waals surface area contributed by atoms with Crippen molar-refractivity contribution in [1.82, 2.24) is 24.5 Å². The third-order valence-corrected chi connectivity index (χ3v) is 5.24. The Balaban J connectivity index is 1.64. The van der Waals surface area contributed by atoms with Gasteiger partial charge in [-0.05, 0) is 30.4 Å². The third-order valence-electron chi connectivity index (χ3n) is 4.38. The van der Waals surface area contributed by atoms with Crippen LogP contribution in [0.25, 0.3) is 5.78 Å². The molecule has 1 amide bonds. The number of carbonyl (C=O) groups is 1. The Bertz CT molecular complexity index is 937. The summed E-state index contributed by atoms with van der Waals surface area (Å²) in [6.45, 7) is 1.06. The average Bonchev–Trinajstić information content (AvgIpc) is 3.30. The maximum absolute atomic E-state index is 12.9. The van der Waals surface area contributed by atoms with E-state index in [1.807, 2.05) is 11.4 Å². The minimum Gasteiger partial charge on any atom is -0.337 e. The zero-order valence-electron chi connectivity index (χ0n) is 13.5. The van der Waals surface area contributed by atoms with Gasteiger partial charge in [0.05, 0.1) is 10.6 Å². The fourth-order valence-electron chi connectivity index (χ4n) is 3.20. The SMILES string of the molecule is O=C(c1cccs1)N1CCC[C@@H](c2ccnc3nc(C(F)(F)F)nn23)C1. The van der Waals surface area contributed by atoms with Crippen LogP contribution in [-0.2, 0) is 6.18 Å². The van der Waals surface area contributed by atoms with Gasteiger partial charge in [-0.1, -0.05) is 6.07 Å². The van der Waals surface area contributed by atoms with E-state index >= 15 is 0 Å². The van der Waals surface area contributed by atoms with E-state index in [0.717, 1.165) is 17.4 Å². The normalized spacial score (nSPS) is 18.4. The number of halogens is 3. The number of hydrogen-bond donors (Lipinski definition) is 0. The van der Waals surface area contributed by atoms with Gasteiger partial charge in [-0.3, -0.25) is 4.79 Å². The fraction of sp³-hybridized carbons (Fsp3) is 0.375. The van der Waals surface area contributed by atoms with Crippen LogP contribution in [0.15, 0.2) is 29.8 Å². The number of thiophene rings is 1. The van der Waals surface area contributed by atoms with Gasteiger partial charge in [0.25, 0.3) is 17.5 Å². The number of likely N-dealkylation sites (tertiary alicyclic amines) is 1. The van der Waals surface area contributed by atoms with Crippen molar-refractivity contribution in [3.05, 3.63) is 46.2 Å². The lowest BCUT2D eigenvalue weighted by atomic mass is 9.94. The van der Waals surface area contributed by atoms with Gasteiger partial charge in [-0.25, -0.2) is 9.50 Å². The minimum atomic E-state index is -4.63. The molecule has 0 spiro atoms. The van der Waals surface area contributed by atoms with E-state index < -0.39 is 12.0 Å². The molecule has 0 aromatic carbocycles. The quantitative estimate of drug-likeness (QED) is 0.684. The van der Waals surface area contributed by atoms with E-state index in [1.165, 1.54) is 17.5 Å². The van der Waals surface area contributed by atoms with Gasteiger partial charge >= 0.3 is 6.18 Å². The van der Waals surface area contributed by atoms with Crippen molar-refractivity contribution in [2.75, 3.05) is 13.1 Å². The summed E-state index contributed by atoms with van der Waals surface area (Å²) in [4.78, 5) is 22.3. The summed E-state index contributed by atoms with van der Waals surface area (Å²) < 4.78 is 39.9. The molecular weight excluding hydrogens is 367 g/mol. The van der Waals surface area contributed by atoms with Gasteiger partial charge in [-0.15, -0.1) is 16.4 Å². The fourth-order valence-corrected chi connectivity index (χ4v) is 3.89. The summed E-state index contributed by atoms with van der Waals surface area (Å²) in [7, 11) is 0. The van der Waals surface area contributed by atoms with Crippen molar-refractivity contribution in [2.45, 2.75) is 24.9 Å². The first kappa shape index (κ1) is 17.0.